The molecule has 0 fully saturated rings. The molecule has 4 heteroatoms. The molecule has 0 aromatic heterocycles. The van der Waals surface area contributed by atoms with Crippen molar-refractivity contribution in [2.24, 2.45) is 0 Å². The third-order valence-corrected chi connectivity index (χ3v) is 11.4. The molecule has 2 atom stereocenters. The Morgan fingerprint density at radius 1 is 0.735 bits per heavy atom. The number of rotatable bonds is 5. The van der Waals surface area contributed by atoms with E-state index in [1.807, 2.05) is 7.05 Å². The highest BCUT2D eigenvalue weighted by Gasteiger charge is 2.39. The number of hydrogen-bond acceptors (Lipinski definition) is 1. The van der Waals surface area contributed by atoms with Gasteiger partial charge in [0, 0.05) is 7.05 Å². The molecular weight excluding hydrogens is 453 g/mol. The lowest BCUT2D eigenvalue weighted by molar-refractivity contribution is 0.441. The molecule has 3 aromatic rings. The summed E-state index contributed by atoms with van der Waals surface area (Å²) in [5, 5.41) is 4.13. The van der Waals surface area contributed by atoms with E-state index in [0.29, 0.717) is 0 Å². The predicted octanol–water partition coefficient (Wildman–Crippen LogP) is 8.03. The van der Waals surface area contributed by atoms with Gasteiger partial charge in [0.15, 0.2) is 0 Å². The van der Waals surface area contributed by atoms with E-state index in [1.165, 1.54) is 27.2 Å². The third kappa shape index (κ3) is 5.81. The van der Waals surface area contributed by atoms with Crippen LogP contribution in [0.3, 0.4) is 0 Å². The zero-order valence-electron chi connectivity index (χ0n) is 22.6. The number of nitrogens with zero attached hydrogens (tertiary/aromatic N) is 1. The van der Waals surface area contributed by atoms with Crippen LogP contribution in [0.4, 0.5) is 0 Å². The molecule has 184 valence electrons. The smallest absolute Gasteiger partial charge is 0.100 e. The van der Waals surface area contributed by atoms with Crippen molar-refractivity contribution in [2.45, 2.75) is 83.4 Å². The first kappa shape index (κ1) is 27.1. The zero-order chi connectivity index (χ0) is 25.5. The first-order valence-electron chi connectivity index (χ1n) is 12.1. The molecule has 0 amide bonds. The Morgan fingerprint density at radius 3 is 1.82 bits per heavy atom. The van der Waals surface area contributed by atoms with Crippen LogP contribution in [0.25, 0.3) is 10.8 Å². The second-order valence-electron chi connectivity index (χ2n) is 12.2. The summed E-state index contributed by atoms with van der Waals surface area (Å²) < 4.78 is 15.5. The Kier molecular flexibility index (Phi) is 7.83. The predicted molar refractivity (Wildman–Crippen MR) is 154 cm³/mol. The molecule has 3 rings (SSSR count). The fourth-order valence-corrected chi connectivity index (χ4v) is 10.6. The summed E-state index contributed by atoms with van der Waals surface area (Å²) in [7, 11) is 0.338. The van der Waals surface area contributed by atoms with Crippen molar-refractivity contribution < 1.29 is 4.21 Å². The van der Waals surface area contributed by atoms with Gasteiger partial charge in [-0.3, -0.25) is 0 Å². The van der Waals surface area contributed by atoms with Gasteiger partial charge in [-0.2, -0.15) is 0 Å². The van der Waals surface area contributed by atoms with E-state index in [0.717, 1.165) is 0 Å². The monoisotopic (exact) mass is 495 g/mol. The van der Waals surface area contributed by atoms with Crippen LogP contribution >= 0.6 is 7.92 Å². The second-order valence-corrected chi connectivity index (χ2v) is 18.3. The number of benzene rings is 3. The second kappa shape index (κ2) is 9.84. The van der Waals surface area contributed by atoms with E-state index in [1.54, 1.807) is 0 Å². The Hall–Kier alpha value is -1.54. The molecule has 34 heavy (non-hydrogen) atoms. The van der Waals surface area contributed by atoms with Gasteiger partial charge < -0.3 is 0 Å². The van der Waals surface area contributed by atoms with Crippen LogP contribution in [0.15, 0.2) is 66.7 Å². The topological polar surface area (TPSA) is 20.3 Å². The molecule has 0 aliphatic heterocycles. The maximum atomic E-state index is 13.7. The summed E-state index contributed by atoms with van der Waals surface area (Å²) in [4.78, 5) is 0. The quantitative estimate of drug-likeness (QED) is 0.328. The van der Waals surface area contributed by atoms with Gasteiger partial charge >= 0.3 is 0 Å². The average molecular weight is 496 g/mol. The highest BCUT2D eigenvalue weighted by atomic mass is 32.2. The summed E-state index contributed by atoms with van der Waals surface area (Å²) in [6.45, 7) is 20.4. The van der Waals surface area contributed by atoms with E-state index >= 15 is 0 Å². The van der Waals surface area contributed by atoms with Crippen molar-refractivity contribution in [3.05, 3.63) is 77.9 Å². The minimum absolute atomic E-state index is 0.101. The van der Waals surface area contributed by atoms with Crippen LogP contribution in [0.5, 0.6) is 0 Å². The van der Waals surface area contributed by atoms with Gasteiger partial charge in [-0.15, -0.1) is 0 Å². The first-order valence-corrected chi connectivity index (χ1v) is 14.6. The maximum absolute atomic E-state index is 13.7. The van der Waals surface area contributed by atoms with Crippen LogP contribution in [0, 0.1) is 0 Å². The van der Waals surface area contributed by atoms with Gasteiger partial charge in [0.2, 0.25) is 0 Å². The zero-order valence-corrected chi connectivity index (χ0v) is 24.4. The molecule has 3 aromatic carbocycles. The van der Waals surface area contributed by atoms with Crippen molar-refractivity contribution >= 4 is 35.0 Å². The van der Waals surface area contributed by atoms with Crippen LogP contribution in [-0.2, 0) is 11.0 Å². The molecule has 0 bridgehead atoms. The molecule has 0 aliphatic rings. The Bertz CT molecular complexity index is 1150. The molecule has 0 N–H and O–H groups in total. The van der Waals surface area contributed by atoms with Gasteiger partial charge in [0.25, 0.3) is 0 Å². The summed E-state index contributed by atoms with van der Waals surface area (Å²) in [5.74, 6) is 0. The largest absolute Gasteiger partial charge is 0.242 e. The Balaban J connectivity index is 2.31. The molecule has 0 saturated heterocycles. The minimum Gasteiger partial charge on any atom is -0.242 e. The van der Waals surface area contributed by atoms with Gasteiger partial charge in [-0.1, -0.05) is 110 Å². The molecule has 1 unspecified atom stereocenters. The highest BCUT2D eigenvalue weighted by Crippen LogP contribution is 2.59. The summed E-state index contributed by atoms with van der Waals surface area (Å²) in [5.41, 5.74) is 2.46. The first-order chi connectivity index (χ1) is 15.6. The average Bonchev–Trinajstić information content (AvgIpc) is 2.71. The third-order valence-electron chi connectivity index (χ3n) is 6.05. The van der Waals surface area contributed by atoms with Crippen molar-refractivity contribution in [2.75, 3.05) is 7.05 Å². The molecule has 0 aliphatic carbocycles. The van der Waals surface area contributed by atoms with Crippen LogP contribution < -0.4 is 5.30 Å². The summed E-state index contributed by atoms with van der Waals surface area (Å²) in [6, 6.07) is 24.0. The van der Waals surface area contributed by atoms with E-state index in [-0.39, 0.29) is 21.1 Å². The van der Waals surface area contributed by atoms with Crippen LogP contribution in [0.1, 0.15) is 79.5 Å². The van der Waals surface area contributed by atoms with Gasteiger partial charge in [0.05, 0.1) is 10.8 Å². The fraction of sp³-hybridized carbons (Fsp3) is 0.467. The summed E-state index contributed by atoms with van der Waals surface area (Å²) in [6.07, 6.45) is 0. The minimum atomic E-state index is -1.17. The normalized spacial score (nSPS) is 15.2. The van der Waals surface area contributed by atoms with E-state index in [4.69, 9.17) is 0 Å². The van der Waals surface area contributed by atoms with E-state index in [9.17, 15) is 4.21 Å². The standard InChI is InChI=1S/C30H42NOPS/c1-28(2,3)33(29(4,5)6)26-18-14-13-17-25(26)27(31(10)34(32)30(7,8)9)24-20-19-22-15-11-12-16-23(22)21-24/h11-21,27H,1-10H3/t27-,34?/m0/s1. The maximum Gasteiger partial charge on any atom is 0.100 e. The van der Waals surface area contributed by atoms with Crippen molar-refractivity contribution in [3.63, 3.8) is 0 Å². The highest BCUT2D eigenvalue weighted by molar-refractivity contribution is 7.84. The Morgan fingerprint density at radius 2 is 1.26 bits per heavy atom. The molecule has 0 spiro atoms. The molecule has 0 heterocycles. The molecule has 2 nitrogen and oxygen atoms in total. The van der Waals surface area contributed by atoms with Crippen molar-refractivity contribution in [1.82, 2.24) is 4.31 Å². The summed E-state index contributed by atoms with van der Waals surface area (Å²) >= 11 is 0. The van der Waals surface area contributed by atoms with Crippen LogP contribution in [-0.4, -0.2) is 30.6 Å². The lowest BCUT2D eigenvalue weighted by atomic mass is 9.96. The number of fused-ring (bicyclic) bond motifs is 1. The lowest BCUT2D eigenvalue weighted by Crippen LogP contribution is -2.40. The fourth-order valence-electron chi connectivity index (χ4n) is 5.14. The van der Waals surface area contributed by atoms with E-state index in [2.05, 4.69) is 133 Å². The van der Waals surface area contributed by atoms with Crippen molar-refractivity contribution in [1.29, 1.82) is 0 Å². The number of hydrogen-bond donors (Lipinski definition) is 0. The lowest BCUT2D eigenvalue weighted by Gasteiger charge is -2.44. The van der Waals surface area contributed by atoms with Gasteiger partial charge in [-0.05, 0) is 64.4 Å². The van der Waals surface area contributed by atoms with Crippen molar-refractivity contribution in [3.8, 4) is 0 Å². The Labute approximate surface area is 211 Å². The molecule has 0 saturated carbocycles. The molecule has 0 radical (unpaired) electrons. The van der Waals surface area contributed by atoms with Crippen LogP contribution in [0.2, 0.25) is 0 Å². The SMILES string of the molecule is CN([C@@H](c1ccc2ccccc2c1)c1ccccc1P(C(C)(C)C)C(C)(C)C)S(=O)C(C)(C)C. The van der Waals surface area contributed by atoms with Gasteiger partial charge in [0.1, 0.15) is 11.0 Å². The molecular formula is C30H42NOPS. The van der Waals surface area contributed by atoms with Gasteiger partial charge in [-0.25, -0.2) is 8.51 Å². The van der Waals surface area contributed by atoms with E-state index < -0.39 is 18.9 Å².